The van der Waals surface area contributed by atoms with Crippen LogP contribution in [0.15, 0.2) is 11.0 Å². The number of carbonyl (C=O) groups is 1. The Morgan fingerprint density at radius 2 is 2.33 bits per heavy atom. The smallest absolute Gasteiger partial charge is 0.342 e. The SMILES string of the molecule is O=C(O)c1cnc(C2CC23CC3)[nH]c1=O. The zero-order chi connectivity index (χ0) is 10.6. The van der Waals surface area contributed by atoms with Crippen molar-refractivity contribution in [3.8, 4) is 0 Å². The van der Waals surface area contributed by atoms with Crippen LogP contribution in [0.4, 0.5) is 0 Å². The highest BCUT2D eigenvalue weighted by molar-refractivity contribution is 5.86. The first-order chi connectivity index (χ1) is 7.12. The van der Waals surface area contributed by atoms with Gasteiger partial charge in [-0.05, 0) is 24.7 Å². The summed E-state index contributed by atoms with van der Waals surface area (Å²) >= 11 is 0. The van der Waals surface area contributed by atoms with Gasteiger partial charge < -0.3 is 10.1 Å². The van der Waals surface area contributed by atoms with Crippen molar-refractivity contribution < 1.29 is 9.90 Å². The van der Waals surface area contributed by atoms with Crippen molar-refractivity contribution in [3.05, 3.63) is 27.9 Å². The highest BCUT2D eigenvalue weighted by atomic mass is 16.4. The van der Waals surface area contributed by atoms with Gasteiger partial charge in [-0.15, -0.1) is 0 Å². The summed E-state index contributed by atoms with van der Waals surface area (Å²) in [6.07, 6.45) is 4.66. The third kappa shape index (κ3) is 1.19. The molecular formula is C10H10N2O3. The Labute approximate surface area is 85.2 Å². The summed E-state index contributed by atoms with van der Waals surface area (Å²) in [6.45, 7) is 0. The molecule has 2 N–H and O–H groups in total. The van der Waals surface area contributed by atoms with Crippen LogP contribution in [0.2, 0.25) is 0 Å². The second-order valence-electron chi connectivity index (χ2n) is 4.44. The van der Waals surface area contributed by atoms with Crippen LogP contribution in [-0.4, -0.2) is 21.0 Å². The largest absolute Gasteiger partial charge is 0.477 e. The molecule has 1 unspecified atom stereocenters. The standard InChI is InChI=1S/C10H10N2O3/c13-8-5(9(14)15)4-11-7(12-8)6-3-10(6)1-2-10/h4,6H,1-3H2,(H,14,15)(H,11,12,13). The number of nitrogens with zero attached hydrogens (tertiary/aromatic N) is 1. The molecule has 1 aromatic rings. The van der Waals surface area contributed by atoms with E-state index in [1.54, 1.807) is 0 Å². The van der Waals surface area contributed by atoms with E-state index in [2.05, 4.69) is 9.97 Å². The Bertz CT molecular complexity index is 502. The van der Waals surface area contributed by atoms with E-state index in [0.717, 1.165) is 12.6 Å². The lowest BCUT2D eigenvalue weighted by molar-refractivity contribution is 0.0694. The summed E-state index contributed by atoms with van der Waals surface area (Å²) in [4.78, 5) is 28.6. The number of aromatic amines is 1. The monoisotopic (exact) mass is 206 g/mol. The predicted octanol–water partition coefficient (Wildman–Crippen LogP) is 0.736. The predicted molar refractivity (Wildman–Crippen MR) is 50.8 cm³/mol. The zero-order valence-electron chi connectivity index (χ0n) is 7.99. The lowest BCUT2D eigenvalue weighted by Crippen LogP contribution is -2.19. The van der Waals surface area contributed by atoms with E-state index in [9.17, 15) is 9.59 Å². The van der Waals surface area contributed by atoms with Crippen LogP contribution in [0, 0.1) is 5.41 Å². The molecule has 0 amide bonds. The maximum atomic E-state index is 11.4. The Morgan fingerprint density at radius 3 is 2.80 bits per heavy atom. The lowest BCUT2D eigenvalue weighted by atomic mass is 10.2. The number of carboxylic acids is 1. The summed E-state index contributed by atoms with van der Waals surface area (Å²) in [5.41, 5.74) is -0.417. The van der Waals surface area contributed by atoms with Gasteiger partial charge in [0.15, 0.2) is 0 Å². The summed E-state index contributed by atoms with van der Waals surface area (Å²) in [5, 5.41) is 8.67. The molecule has 2 saturated carbocycles. The van der Waals surface area contributed by atoms with Crippen molar-refractivity contribution in [1.29, 1.82) is 0 Å². The molecule has 0 aromatic carbocycles. The van der Waals surface area contributed by atoms with Crippen molar-refractivity contribution in [2.24, 2.45) is 5.41 Å². The molecule has 5 heteroatoms. The topological polar surface area (TPSA) is 83.0 Å². The first kappa shape index (κ1) is 8.64. The highest BCUT2D eigenvalue weighted by Crippen LogP contribution is 2.74. The Kier molecular flexibility index (Phi) is 1.43. The minimum atomic E-state index is -1.23. The van der Waals surface area contributed by atoms with Gasteiger partial charge >= 0.3 is 5.97 Å². The first-order valence-electron chi connectivity index (χ1n) is 4.95. The van der Waals surface area contributed by atoms with Gasteiger partial charge in [-0.25, -0.2) is 9.78 Å². The van der Waals surface area contributed by atoms with Crippen LogP contribution >= 0.6 is 0 Å². The molecule has 1 spiro atoms. The highest BCUT2D eigenvalue weighted by Gasteiger charge is 2.64. The first-order valence-corrected chi connectivity index (χ1v) is 4.95. The molecule has 78 valence electrons. The fraction of sp³-hybridized carbons (Fsp3) is 0.500. The van der Waals surface area contributed by atoms with Crippen molar-refractivity contribution >= 4 is 5.97 Å². The Hall–Kier alpha value is -1.65. The molecular weight excluding hydrogens is 196 g/mol. The van der Waals surface area contributed by atoms with Crippen LogP contribution in [-0.2, 0) is 0 Å². The number of aromatic carboxylic acids is 1. The van der Waals surface area contributed by atoms with E-state index in [4.69, 9.17) is 5.11 Å². The van der Waals surface area contributed by atoms with Crippen molar-refractivity contribution in [2.75, 3.05) is 0 Å². The average Bonchev–Trinajstić information content (AvgIpc) is 3.07. The second kappa shape index (κ2) is 2.48. The van der Waals surface area contributed by atoms with E-state index in [-0.39, 0.29) is 5.56 Å². The van der Waals surface area contributed by atoms with Gasteiger partial charge in [-0.3, -0.25) is 4.79 Å². The van der Waals surface area contributed by atoms with E-state index in [0.29, 0.717) is 17.2 Å². The van der Waals surface area contributed by atoms with E-state index in [1.165, 1.54) is 12.8 Å². The van der Waals surface area contributed by atoms with Gasteiger partial charge in [0.2, 0.25) is 0 Å². The molecule has 1 aromatic heterocycles. The van der Waals surface area contributed by atoms with Crippen LogP contribution in [0.3, 0.4) is 0 Å². The van der Waals surface area contributed by atoms with Crippen molar-refractivity contribution in [1.82, 2.24) is 9.97 Å². The molecule has 0 saturated heterocycles. The van der Waals surface area contributed by atoms with Crippen LogP contribution < -0.4 is 5.56 Å². The fourth-order valence-corrected chi connectivity index (χ4v) is 2.19. The number of nitrogens with one attached hydrogen (secondary N) is 1. The molecule has 0 radical (unpaired) electrons. The van der Waals surface area contributed by atoms with Gasteiger partial charge in [-0.2, -0.15) is 0 Å². The molecule has 5 nitrogen and oxygen atoms in total. The normalized spacial score (nSPS) is 25.2. The summed E-state index contributed by atoms with van der Waals surface area (Å²) < 4.78 is 0. The van der Waals surface area contributed by atoms with Crippen molar-refractivity contribution in [2.45, 2.75) is 25.2 Å². The fourth-order valence-electron chi connectivity index (χ4n) is 2.19. The molecule has 1 heterocycles. The van der Waals surface area contributed by atoms with E-state index < -0.39 is 11.5 Å². The van der Waals surface area contributed by atoms with Gasteiger partial charge in [0.05, 0.1) is 0 Å². The van der Waals surface area contributed by atoms with Crippen LogP contribution in [0.5, 0.6) is 0 Å². The Morgan fingerprint density at radius 1 is 1.60 bits per heavy atom. The third-order valence-corrected chi connectivity index (χ3v) is 3.46. The quantitative estimate of drug-likeness (QED) is 0.747. The van der Waals surface area contributed by atoms with E-state index in [1.807, 2.05) is 0 Å². The van der Waals surface area contributed by atoms with Gasteiger partial charge in [0.25, 0.3) is 5.56 Å². The molecule has 2 aliphatic carbocycles. The molecule has 0 bridgehead atoms. The molecule has 2 aliphatic rings. The Balaban J connectivity index is 1.96. The lowest BCUT2D eigenvalue weighted by Gasteiger charge is -1.98. The maximum Gasteiger partial charge on any atom is 0.342 e. The minimum absolute atomic E-state index is 0.288. The molecule has 1 atom stereocenters. The van der Waals surface area contributed by atoms with Gasteiger partial charge in [-0.1, -0.05) is 0 Å². The number of hydrogen-bond donors (Lipinski definition) is 2. The number of hydrogen-bond acceptors (Lipinski definition) is 3. The second-order valence-corrected chi connectivity index (χ2v) is 4.44. The molecule has 2 fully saturated rings. The number of aromatic nitrogens is 2. The van der Waals surface area contributed by atoms with Crippen LogP contribution in [0.1, 0.15) is 41.4 Å². The third-order valence-electron chi connectivity index (χ3n) is 3.46. The molecule has 0 aliphatic heterocycles. The van der Waals surface area contributed by atoms with Gasteiger partial charge in [0, 0.05) is 12.1 Å². The average molecular weight is 206 g/mol. The minimum Gasteiger partial charge on any atom is -0.477 e. The van der Waals surface area contributed by atoms with E-state index >= 15 is 0 Å². The number of carboxylic acid groups (broad SMARTS) is 1. The van der Waals surface area contributed by atoms with Gasteiger partial charge in [0.1, 0.15) is 11.4 Å². The maximum absolute atomic E-state index is 11.4. The van der Waals surface area contributed by atoms with Crippen LogP contribution in [0.25, 0.3) is 0 Å². The zero-order valence-corrected chi connectivity index (χ0v) is 7.99. The number of rotatable bonds is 2. The summed E-state index contributed by atoms with van der Waals surface area (Å²) in [5.74, 6) is -0.220. The molecule has 15 heavy (non-hydrogen) atoms. The molecule has 3 rings (SSSR count). The number of H-pyrrole nitrogens is 1. The summed E-state index contributed by atoms with van der Waals surface area (Å²) in [7, 11) is 0. The van der Waals surface area contributed by atoms with Crippen molar-refractivity contribution in [3.63, 3.8) is 0 Å². The summed E-state index contributed by atoms with van der Waals surface area (Å²) in [6, 6.07) is 0.